The van der Waals surface area contributed by atoms with Crippen molar-refractivity contribution in [2.45, 2.75) is 39.5 Å². The molecule has 0 fully saturated rings. The lowest BCUT2D eigenvalue weighted by Gasteiger charge is -2.09. The first kappa shape index (κ1) is 13.8. The molecule has 0 saturated heterocycles. The van der Waals surface area contributed by atoms with Crippen LogP contribution in [0.5, 0.6) is 5.75 Å². The summed E-state index contributed by atoms with van der Waals surface area (Å²) in [6.45, 7) is 9.12. The number of hydrogen-bond acceptors (Lipinski definition) is 1. The van der Waals surface area contributed by atoms with Crippen LogP contribution in [-0.4, -0.2) is 6.61 Å². The normalized spacial score (nSPS) is 12.1. The van der Waals surface area contributed by atoms with Gasteiger partial charge in [0, 0.05) is 0 Å². The highest BCUT2D eigenvalue weighted by atomic mass is 16.5. The topological polar surface area (TPSA) is 9.23 Å². The molecule has 1 heteroatoms. The molecule has 1 atom stereocenters. The van der Waals surface area contributed by atoms with Gasteiger partial charge in [-0.25, -0.2) is 0 Å². The van der Waals surface area contributed by atoms with Gasteiger partial charge >= 0.3 is 0 Å². The molecule has 1 nitrogen and oxygen atoms in total. The molecule has 0 amide bonds. The lowest BCUT2D eigenvalue weighted by molar-refractivity contribution is 0.299. The zero-order chi connectivity index (χ0) is 12.5. The molecule has 0 heterocycles. The Morgan fingerprint density at radius 2 is 1.94 bits per heavy atom. The predicted octanol–water partition coefficient (Wildman–Crippen LogP) is 4.92. The molecule has 94 valence electrons. The summed E-state index contributed by atoms with van der Waals surface area (Å²) in [7, 11) is 0. The van der Waals surface area contributed by atoms with Crippen molar-refractivity contribution in [3.63, 3.8) is 0 Å². The summed E-state index contributed by atoms with van der Waals surface area (Å²) in [6.07, 6.45) is 6.85. The van der Waals surface area contributed by atoms with E-state index in [-0.39, 0.29) is 0 Å². The van der Waals surface area contributed by atoms with E-state index in [0.717, 1.165) is 30.3 Å². The molecule has 0 aliphatic heterocycles. The molecule has 0 aliphatic rings. The Kier molecular flexibility index (Phi) is 6.46. The lowest BCUT2D eigenvalue weighted by Crippen LogP contribution is -1.99. The van der Waals surface area contributed by atoms with Gasteiger partial charge in [0.1, 0.15) is 5.75 Å². The SMILES string of the molecule is C=Cc1ccc(OCCCCC(C)CC)cc1. The first-order valence-corrected chi connectivity index (χ1v) is 6.61. The van der Waals surface area contributed by atoms with E-state index in [0.29, 0.717) is 0 Å². The van der Waals surface area contributed by atoms with Crippen LogP contribution in [0.15, 0.2) is 30.8 Å². The molecule has 0 spiro atoms. The highest BCUT2D eigenvalue weighted by Crippen LogP contribution is 2.14. The molecule has 0 aromatic heterocycles. The minimum Gasteiger partial charge on any atom is -0.494 e. The van der Waals surface area contributed by atoms with Crippen LogP contribution in [0.3, 0.4) is 0 Å². The molecule has 0 saturated carbocycles. The molecule has 1 unspecified atom stereocenters. The van der Waals surface area contributed by atoms with Crippen LogP contribution in [-0.2, 0) is 0 Å². The maximum atomic E-state index is 5.69. The van der Waals surface area contributed by atoms with E-state index in [1.54, 1.807) is 0 Å². The largest absolute Gasteiger partial charge is 0.494 e. The molecule has 17 heavy (non-hydrogen) atoms. The second-order valence-corrected chi connectivity index (χ2v) is 4.63. The molecular weight excluding hydrogens is 208 g/mol. The molecule has 0 radical (unpaired) electrons. The molecule has 1 rings (SSSR count). The van der Waals surface area contributed by atoms with E-state index in [1.165, 1.54) is 19.3 Å². The Labute approximate surface area is 106 Å². The van der Waals surface area contributed by atoms with Crippen molar-refractivity contribution in [2.24, 2.45) is 5.92 Å². The summed E-state index contributed by atoms with van der Waals surface area (Å²) < 4.78 is 5.69. The quantitative estimate of drug-likeness (QED) is 0.578. The van der Waals surface area contributed by atoms with Crippen molar-refractivity contribution < 1.29 is 4.74 Å². The minimum atomic E-state index is 0.823. The van der Waals surface area contributed by atoms with Crippen LogP contribution in [0.4, 0.5) is 0 Å². The Bertz CT molecular complexity index is 313. The highest BCUT2D eigenvalue weighted by Gasteiger charge is 1.98. The van der Waals surface area contributed by atoms with Gasteiger partial charge in [-0.15, -0.1) is 0 Å². The molecule has 0 aliphatic carbocycles. The smallest absolute Gasteiger partial charge is 0.119 e. The van der Waals surface area contributed by atoms with Crippen LogP contribution in [0.1, 0.15) is 45.1 Å². The highest BCUT2D eigenvalue weighted by molar-refractivity contribution is 5.48. The number of ether oxygens (including phenoxy) is 1. The summed E-state index contributed by atoms with van der Waals surface area (Å²) in [5.41, 5.74) is 1.13. The van der Waals surface area contributed by atoms with Crippen molar-refractivity contribution in [1.29, 1.82) is 0 Å². The van der Waals surface area contributed by atoms with Crippen molar-refractivity contribution in [3.8, 4) is 5.75 Å². The molecule has 0 N–H and O–H groups in total. The van der Waals surface area contributed by atoms with E-state index in [1.807, 2.05) is 30.3 Å². The van der Waals surface area contributed by atoms with Gasteiger partial charge in [0.15, 0.2) is 0 Å². The van der Waals surface area contributed by atoms with Crippen molar-refractivity contribution in [1.82, 2.24) is 0 Å². The fourth-order valence-corrected chi connectivity index (χ4v) is 1.69. The standard InChI is InChI=1S/C16H24O/c1-4-14(3)8-6-7-13-17-16-11-9-15(5-2)10-12-16/h5,9-12,14H,2,4,6-8,13H2,1,3H3. The molecule has 0 bridgehead atoms. The number of benzene rings is 1. The average molecular weight is 232 g/mol. The van der Waals surface area contributed by atoms with Gasteiger partial charge < -0.3 is 4.74 Å². The average Bonchev–Trinajstić information content (AvgIpc) is 2.38. The molecular formula is C16H24O. The monoisotopic (exact) mass is 232 g/mol. The Morgan fingerprint density at radius 3 is 2.53 bits per heavy atom. The first-order valence-electron chi connectivity index (χ1n) is 6.61. The van der Waals surface area contributed by atoms with Crippen LogP contribution < -0.4 is 4.74 Å². The van der Waals surface area contributed by atoms with E-state index >= 15 is 0 Å². The Balaban J connectivity index is 2.15. The predicted molar refractivity (Wildman–Crippen MR) is 75.3 cm³/mol. The summed E-state index contributed by atoms with van der Waals surface area (Å²) in [4.78, 5) is 0. The van der Waals surface area contributed by atoms with Crippen molar-refractivity contribution in [3.05, 3.63) is 36.4 Å². The van der Waals surface area contributed by atoms with Crippen molar-refractivity contribution in [2.75, 3.05) is 6.61 Å². The third kappa shape index (κ3) is 5.58. The van der Waals surface area contributed by atoms with Crippen molar-refractivity contribution >= 4 is 6.08 Å². The minimum absolute atomic E-state index is 0.823. The van der Waals surface area contributed by atoms with Gasteiger partial charge in [-0.1, -0.05) is 51.5 Å². The van der Waals surface area contributed by atoms with Crippen LogP contribution >= 0.6 is 0 Å². The van der Waals surface area contributed by atoms with Gasteiger partial charge in [-0.05, 0) is 36.5 Å². The zero-order valence-corrected chi connectivity index (χ0v) is 11.1. The molecule has 1 aromatic carbocycles. The maximum Gasteiger partial charge on any atom is 0.119 e. The summed E-state index contributed by atoms with van der Waals surface area (Å²) in [5, 5.41) is 0. The zero-order valence-electron chi connectivity index (χ0n) is 11.1. The fraction of sp³-hybridized carbons (Fsp3) is 0.500. The maximum absolute atomic E-state index is 5.69. The Hall–Kier alpha value is -1.24. The third-order valence-electron chi connectivity index (χ3n) is 3.17. The molecule has 1 aromatic rings. The van der Waals surface area contributed by atoms with Crippen LogP contribution in [0, 0.1) is 5.92 Å². The lowest BCUT2D eigenvalue weighted by atomic mass is 10.0. The van der Waals surface area contributed by atoms with Crippen LogP contribution in [0.2, 0.25) is 0 Å². The summed E-state index contributed by atoms with van der Waals surface area (Å²) >= 11 is 0. The second kappa shape index (κ2) is 7.94. The second-order valence-electron chi connectivity index (χ2n) is 4.63. The number of hydrogen-bond donors (Lipinski definition) is 0. The summed E-state index contributed by atoms with van der Waals surface area (Å²) in [6, 6.07) is 8.07. The van der Waals surface area contributed by atoms with E-state index in [4.69, 9.17) is 4.74 Å². The number of rotatable bonds is 8. The van der Waals surface area contributed by atoms with Gasteiger partial charge in [-0.2, -0.15) is 0 Å². The van der Waals surface area contributed by atoms with Gasteiger partial charge in [0.25, 0.3) is 0 Å². The van der Waals surface area contributed by atoms with E-state index < -0.39 is 0 Å². The van der Waals surface area contributed by atoms with E-state index in [2.05, 4.69) is 20.4 Å². The summed E-state index contributed by atoms with van der Waals surface area (Å²) in [5.74, 6) is 1.81. The Morgan fingerprint density at radius 1 is 1.24 bits per heavy atom. The van der Waals surface area contributed by atoms with Gasteiger partial charge in [-0.3, -0.25) is 0 Å². The van der Waals surface area contributed by atoms with Gasteiger partial charge in [0.05, 0.1) is 6.61 Å². The third-order valence-corrected chi connectivity index (χ3v) is 3.17. The fourth-order valence-electron chi connectivity index (χ4n) is 1.69. The van der Waals surface area contributed by atoms with Gasteiger partial charge in [0.2, 0.25) is 0 Å². The first-order chi connectivity index (χ1) is 8.26. The number of unbranched alkanes of at least 4 members (excludes halogenated alkanes) is 1. The van der Waals surface area contributed by atoms with E-state index in [9.17, 15) is 0 Å². The van der Waals surface area contributed by atoms with Crippen LogP contribution in [0.25, 0.3) is 6.08 Å².